The number of nitrogens with two attached hydrogens (primary N) is 1. The van der Waals surface area contributed by atoms with Crippen LogP contribution in [0, 0.1) is 13.8 Å². The predicted octanol–water partition coefficient (Wildman–Crippen LogP) is 3.01. The van der Waals surface area contributed by atoms with Gasteiger partial charge in [0.25, 0.3) is 5.91 Å². The normalized spacial score (nSPS) is 10.3. The minimum Gasteiger partial charge on any atom is -0.326 e. The minimum atomic E-state index is -0.112. The van der Waals surface area contributed by atoms with Gasteiger partial charge in [0.1, 0.15) is 0 Å². The quantitative estimate of drug-likeness (QED) is 0.884. The van der Waals surface area contributed by atoms with Gasteiger partial charge in [-0.05, 0) is 54.8 Å². The highest BCUT2D eigenvalue weighted by Crippen LogP contribution is 2.15. The molecule has 2 aromatic rings. The van der Waals surface area contributed by atoms with Gasteiger partial charge in [0.2, 0.25) is 0 Å². The molecule has 0 aromatic heterocycles. The Hall–Kier alpha value is -2.13. The average Bonchev–Trinajstić information content (AvgIpc) is 2.43. The predicted molar refractivity (Wildman–Crippen MR) is 78.2 cm³/mol. The smallest absolute Gasteiger partial charge is 0.255 e. The van der Waals surface area contributed by atoms with Crippen LogP contribution in [0.2, 0.25) is 0 Å². The second-order valence-electron chi connectivity index (χ2n) is 4.66. The van der Waals surface area contributed by atoms with Crippen LogP contribution in [0.5, 0.6) is 0 Å². The van der Waals surface area contributed by atoms with Gasteiger partial charge >= 0.3 is 0 Å². The number of aryl methyl sites for hydroxylation is 2. The molecule has 0 fully saturated rings. The van der Waals surface area contributed by atoms with Gasteiger partial charge in [-0.1, -0.05) is 18.2 Å². The van der Waals surface area contributed by atoms with Crippen LogP contribution in [0.3, 0.4) is 0 Å². The lowest BCUT2D eigenvalue weighted by Crippen LogP contribution is -2.12. The molecule has 0 heterocycles. The molecule has 0 saturated carbocycles. The molecular formula is C16H18N2O. The van der Waals surface area contributed by atoms with Crippen LogP contribution in [0.15, 0.2) is 42.5 Å². The molecule has 1 amide bonds. The Morgan fingerprint density at radius 1 is 1.11 bits per heavy atom. The van der Waals surface area contributed by atoms with Crippen molar-refractivity contribution in [1.82, 2.24) is 0 Å². The van der Waals surface area contributed by atoms with Crippen molar-refractivity contribution in [3.8, 4) is 0 Å². The Morgan fingerprint density at radius 2 is 1.89 bits per heavy atom. The Kier molecular flexibility index (Phi) is 3.97. The first-order valence-electron chi connectivity index (χ1n) is 6.28. The molecule has 3 N–H and O–H groups in total. The first kappa shape index (κ1) is 13.3. The summed E-state index contributed by atoms with van der Waals surface area (Å²) >= 11 is 0. The molecule has 0 aliphatic heterocycles. The van der Waals surface area contributed by atoms with Gasteiger partial charge in [-0.2, -0.15) is 0 Å². The Bertz CT molecular complexity index is 605. The summed E-state index contributed by atoms with van der Waals surface area (Å²) in [4.78, 5) is 12.1. The van der Waals surface area contributed by atoms with E-state index >= 15 is 0 Å². The summed E-state index contributed by atoms with van der Waals surface area (Å²) in [6.07, 6.45) is 0. The summed E-state index contributed by atoms with van der Waals surface area (Å²) in [5.74, 6) is -0.112. The number of carbonyl (C=O) groups excluding carboxylic acids is 1. The lowest BCUT2D eigenvalue weighted by molar-refractivity contribution is 0.102. The largest absolute Gasteiger partial charge is 0.326 e. The number of rotatable bonds is 3. The van der Waals surface area contributed by atoms with E-state index < -0.39 is 0 Å². The summed E-state index contributed by atoms with van der Waals surface area (Å²) < 4.78 is 0. The molecule has 0 aliphatic rings. The molecular weight excluding hydrogens is 236 g/mol. The molecule has 2 aromatic carbocycles. The van der Waals surface area contributed by atoms with Gasteiger partial charge in [0, 0.05) is 17.8 Å². The van der Waals surface area contributed by atoms with Crippen LogP contribution in [0.4, 0.5) is 5.69 Å². The Balaban J connectivity index is 2.18. The maximum absolute atomic E-state index is 12.1. The van der Waals surface area contributed by atoms with Crippen molar-refractivity contribution in [3.05, 3.63) is 64.7 Å². The highest BCUT2D eigenvalue weighted by molar-refractivity contribution is 6.04. The van der Waals surface area contributed by atoms with E-state index in [1.165, 1.54) is 5.56 Å². The molecule has 0 bridgehead atoms. The molecule has 0 aliphatic carbocycles. The van der Waals surface area contributed by atoms with Crippen molar-refractivity contribution in [3.63, 3.8) is 0 Å². The van der Waals surface area contributed by atoms with Crippen LogP contribution in [-0.2, 0) is 6.54 Å². The zero-order chi connectivity index (χ0) is 13.8. The molecule has 98 valence electrons. The zero-order valence-electron chi connectivity index (χ0n) is 11.2. The summed E-state index contributed by atoms with van der Waals surface area (Å²) in [6.45, 7) is 4.51. The number of anilines is 1. The van der Waals surface area contributed by atoms with Crippen LogP contribution < -0.4 is 11.1 Å². The van der Waals surface area contributed by atoms with Crippen LogP contribution >= 0.6 is 0 Å². The summed E-state index contributed by atoms with van der Waals surface area (Å²) in [5.41, 5.74) is 10.3. The Labute approximate surface area is 113 Å². The van der Waals surface area contributed by atoms with E-state index in [0.29, 0.717) is 12.1 Å². The van der Waals surface area contributed by atoms with Crippen molar-refractivity contribution >= 4 is 11.6 Å². The topological polar surface area (TPSA) is 55.1 Å². The van der Waals surface area contributed by atoms with E-state index in [2.05, 4.69) is 5.32 Å². The van der Waals surface area contributed by atoms with Gasteiger partial charge < -0.3 is 11.1 Å². The minimum absolute atomic E-state index is 0.112. The molecule has 0 radical (unpaired) electrons. The maximum Gasteiger partial charge on any atom is 0.255 e. The number of nitrogens with one attached hydrogen (secondary N) is 1. The molecule has 3 heteroatoms. The van der Waals surface area contributed by atoms with E-state index in [-0.39, 0.29) is 5.91 Å². The van der Waals surface area contributed by atoms with Crippen LogP contribution in [0.25, 0.3) is 0 Å². The highest BCUT2D eigenvalue weighted by Gasteiger charge is 2.07. The SMILES string of the molecule is Cc1ccc(NC(=O)c2cccc(CN)c2)cc1C. The van der Waals surface area contributed by atoms with Crippen molar-refractivity contribution in [1.29, 1.82) is 0 Å². The number of benzene rings is 2. The zero-order valence-corrected chi connectivity index (χ0v) is 11.2. The first-order chi connectivity index (χ1) is 9.10. The van der Waals surface area contributed by atoms with E-state index in [1.807, 2.05) is 50.2 Å². The average molecular weight is 254 g/mol. The number of hydrogen-bond donors (Lipinski definition) is 2. The third-order valence-corrected chi connectivity index (χ3v) is 3.19. The van der Waals surface area contributed by atoms with E-state index in [9.17, 15) is 4.79 Å². The fourth-order valence-corrected chi connectivity index (χ4v) is 1.86. The fourth-order valence-electron chi connectivity index (χ4n) is 1.86. The summed E-state index contributed by atoms with van der Waals surface area (Å²) in [7, 11) is 0. The third kappa shape index (κ3) is 3.20. The van der Waals surface area contributed by atoms with Crippen LogP contribution in [-0.4, -0.2) is 5.91 Å². The van der Waals surface area contributed by atoms with Crippen molar-refractivity contribution in [2.45, 2.75) is 20.4 Å². The van der Waals surface area contributed by atoms with Gasteiger partial charge in [0.15, 0.2) is 0 Å². The monoisotopic (exact) mass is 254 g/mol. The van der Waals surface area contributed by atoms with Crippen molar-refractivity contribution < 1.29 is 4.79 Å². The van der Waals surface area contributed by atoms with Gasteiger partial charge in [-0.25, -0.2) is 0 Å². The maximum atomic E-state index is 12.1. The first-order valence-corrected chi connectivity index (χ1v) is 6.28. The molecule has 19 heavy (non-hydrogen) atoms. The second-order valence-corrected chi connectivity index (χ2v) is 4.66. The van der Waals surface area contributed by atoms with Crippen molar-refractivity contribution in [2.75, 3.05) is 5.32 Å². The second kappa shape index (κ2) is 5.67. The molecule has 0 unspecified atom stereocenters. The van der Waals surface area contributed by atoms with E-state index in [4.69, 9.17) is 5.73 Å². The lowest BCUT2D eigenvalue weighted by Gasteiger charge is -2.08. The molecule has 0 atom stereocenters. The van der Waals surface area contributed by atoms with Gasteiger partial charge in [-0.15, -0.1) is 0 Å². The van der Waals surface area contributed by atoms with Crippen molar-refractivity contribution in [2.24, 2.45) is 5.73 Å². The lowest BCUT2D eigenvalue weighted by atomic mass is 10.1. The standard InChI is InChI=1S/C16H18N2O/c1-11-6-7-15(8-12(11)2)18-16(19)14-5-3-4-13(9-14)10-17/h3-9H,10,17H2,1-2H3,(H,18,19). The molecule has 3 nitrogen and oxygen atoms in total. The van der Waals surface area contributed by atoms with E-state index in [0.717, 1.165) is 16.8 Å². The van der Waals surface area contributed by atoms with E-state index in [1.54, 1.807) is 6.07 Å². The number of amides is 1. The number of hydrogen-bond acceptors (Lipinski definition) is 2. The van der Waals surface area contributed by atoms with Gasteiger partial charge in [-0.3, -0.25) is 4.79 Å². The molecule has 0 spiro atoms. The Morgan fingerprint density at radius 3 is 2.58 bits per heavy atom. The third-order valence-electron chi connectivity index (χ3n) is 3.19. The number of carbonyl (C=O) groups is 1. The summed E-state index contributed by atoms with van der Waals surface area (Å²) in [6, 6.07) is 13.2. The molecule has 2 rings (SSSR count). The molecule has 0 saturated heterocycles. The van der Waals surface area contributed by atoms with Crippen LogP contribution in [0.1, 0.15) is 27.0 Å². The summed E-state index contributed by atoms with van der Waals surface area (Å²) in [5, 5.41) is 2.90. The fraction of sp³-hybridized carbons (Fsp3) is 0.188. The van der Waals surface area contributed by atoms with Gasteiger partial charge in [0.05, 0.1) is 0 Å². The highest BCUT2D eigenvalue weighted by atomic mass is 16.1.